The van der Waals surface area contributed by atoms with Crippen molar-refractivity contribution in [3.8, 4) is 5.75 Å². The molecule has 3 heteroatoms. The Labute approximate surface area is 109 Å². The molecule has 0 saturated heterocycles. The van der Waals surface area contributed by atoms with Crippen molar-refractivity contribution in [1.82, 2.24) is 4.90 Å². The summed E-state index contributed by atoms with van der Waals surface area (Å²) in [6, 6.07) is 6.33. The number of nitrogens with zero attached hydrogens (tertiary/aromatic N) is 1. The summed E-state index contributed by atoms with van der Waals surface area (Å²) in [5.41, 5.74) is 1.80. The molecule has 0 N–H and O–H groups in total. The topological polar surface area (TPSA) is 29.5 Å². The molecule has 0 unspecified atom stereocenters. The molecular formula is C15H21NO2. The molecule has 0 spiro atoms. The fraction of sp³-hybridized carbons (Fsp3) is 0.533. The van der Waals surface area contributed by atoms with Crippen molar-refractivity contribution < 1.29 is 9.53 Å². The Bertz CT molecular complexity index is 438. The molecule has 18 heavy (non-hydrogen) atoms. The van der Waals surface area contributed by atoms with E-state index in [1.54, 1.807) is 7.11 Å². The Balaban J connectivity index is 2.08. The number of carbonyl (C=O) groups excluding carboxylic acids is 1. The summed E-state index contributed by atoms with van der Waals surface area (Å²) in [5, 5.41) is 0. The number of rotatable bonds is 5. The number of Topliss-reactive ketones (excluding diaryl/α,β-unsaturated/α-hetero) is 1. The lowest BCUT2D eigenvalue weighted by molar-refractivity contribution is 0.0867. The Morgan fingerprint density at radius 2 is 2.17 bits per heavy atom. The second kappa shape index (κ2) is 5.53. The first-order chi connectivity index (χ1) is 8.61. The Hall–Kier alpha value is -1.35. The summed E-state index contributed by atoms with van der Waals surface area (Å²) in [6.45, 7) is 2.47. The first kappa shape index (κ1) is 13.1. The van der Waals surface area contributed by atoms with E-state index in [1.165, 1.54) is 19.3 Å². The van der Waals surface area contributed by atoms with Crippen LogP contribution < -0.4 is 4.74 Å². The molecule has 0 aromatic heterocycles. The highest BCUT2D eigenvalue weighted by Gasteiger charge is 2.24. The average molecular weight is 247 g/mol. The maximum Gasteiger partial charge on any atom is 0.180 e. The van der Waals surface area contributed by atoms with Crippen molar-refractivity contribution in [3.63, 3.8) is 0 Å². The molecule has 0 amide bonds. The standard InChI is InChI=1S/C15H21NO2/c1-11-7-8-13(15(9-11)18-3)14(17)10-16(2)12-5-4-6-12/h7-9,12H,4-6,10H2,1-3H3. The number of aryl methyl sites for hydroxylation is 1. The highest BCUT2D eigenvalue weighted by molar-refractivity contribution is 6.00. The van der Waals surface area contributed by atoms with Gasteiger partial charge in [-0.05, 0) is 44.5 Å². The first-order valence-electron chi connectivity index (χ1n) is 6.50. The summed E-state index contributed by atoms with van der Waals surface area (Å²) in [6.07, 6.45) is 3.72. The van der Waals surface area contributed by atoms with E-state index in [0.717, 1.165) is 5.56 Å². The van der Waals surface area contributed by atoms with Gasteiger partial charge in [-0.25, -0.2) is 0 Å². The van der Waals surface area contributed by atoms with Gasteiger partial charge >= 0.3 is 0 Å². The van der Waals surface area contributed by atoms with E-state index < -0.39 is 0 Å². The molecule has 0 atom stereocenters. The number of hydrogen-bond acceptors (Lipinski definition) is 3. The fourth-order valence-electron chi connectivity index (χ4n) is 2.30. The number of carbonyl (C=O) groups is 1. The second-order valence-electron chi connectivity index (χ2n) is 5.13. The van der Waals surface area contributed by atoms with Crippen LogP contribution in [0.5, 0.6) is 5.75 Å². The Morgan fingerprint density at radius 3 is 2.72 bits per heavy atom. The molecule has 0 radical (unpaired) electrons. The van der Waals surface area contributed by atoms with Gasteiger partial charge in [0, 0.05) is 6.04 Å². The van der Waals surface area contributed by atoms with E-state index in [0.29, 0.717) is 23.9 Å². The monoisotopic (exact) mass is 247 g/mol. The van der Waals surface area contributed by atoms with Gasteiger partial charge in [-0.15, -0.1) is 0 Å². The van der Waals surface area contributed by atoms with Crippen molar-refractivity contribution >= 4 is 5.78 Å². The van der Waals surface area contributed by atoms with Crippen LogP contribution in [0, 0.1) is 6.92 Å². The van der Waals surface area contributed by atoms with Crippen molar-refractivity contribution in [2.24, 2.45) is 0 Å². The van der Waals surface area contributed by atoms with Crippen LogP contribution in [0.1, 0.15) is 35.2 Å². The van der Waals surface area contributed by atoms with Crippen LogP contribution in [0.2, 0.25) is 0 Å². The summed E-state index contributed by atoms with van der Waals surface area (Å²) >= 11 is 0. The normalized spacial score (nSPS) is 15.6. The van der Waals surface area contributed by atoms with Gasteiger partial charge in [-0.1, -0.05) is 12.5 Å². The molecule has 3 nitrogen and oxygen atoms in total. The van der Waals surface area contributed by atoms with Crippen LogP contribution in [-0.2, 0) is 0 Å². The van der Waals surface area contributed by atoms with Gasteiger partial charge in [-0.3, -0.25) is 9.69 Å². The van der Waals surface area contributed by atoms with Crippen LogP contribution >= 0.6 is 0 Å². The zero-order valence-electron chi connectivity index (χ0n) is 11.4. The molecule has 1 fully saturated rings. The molecule has 1 aliphatic carbocycles. The second-order valence-corrected chi connectivity index (χ2v) is 5.13. The lowest BCUT2D eigenvalue weighted by Crippen LogP contribution is -2.40. The lowest BCUT2D eigenvalue weighted by atomic mass is 9.91. The highest BCUT2D eigenvalue weighted by atomic mass is 16.5. The minimum absolute atomic E-state index is 0.140. The molecular weight excluding hydrogens is 226 g/mol. The Kier molecular flexibility index (Phi) is 4.02. The van der Waals surface area contributed by atoms with Crippen molar-refractivity contribution in [2.75, 3.05) is 20.7 Å². The van der Waals surface area contributed by atoms with Crippen molar-refractivity contribution in [1.29, 1.82) is 0 Å². The molecule has 2 rings (SSSR count). The van der Waals surface area contributed by atoms with Crippen LogP contribution in [0.15, 0.2) is 18.2 Å². The van der Waals surface area contributed by atoms with E-state index in [4.69, 9.17) is 4.74 Å². The third kappa shape index (κ3) is 2.72. The molecule has 0 heterocycles. The average Bonchev–Trinajstić information content (AvgIpc) is 2.25. The van der Waals surface area contributed by atoms with Gasteiger partial charge in [-0.2, -0.15) is 0 Å². The van der Waals surface area contributed by atoms with E-state index in [2.05, 4.69) is 4.90 Å². The molecule has 1 saturated carbocycles. The zero-order chi connectivity index (χ0) is 13.1. The summed E-state index contributed by atoms with van der Waals surface area (Å²) in [5.74, 6) is 0.822. The SMILES string of the molecule is COc1cc(C)ccc1C(=O)CN(C)C1CCC1. The van der Waals surface area contributed by atoms with E-state index in [9.17, 15) is 4.79 Å². The first-order valence-corrected chi connectivity index (χ1v) is 6.50. The largest absolute Gasteiger partial charge is 0.496 e. The lowest BCUT2D eigenvalue weighted by Gasteiger charge is -2.34. The van der Waals surface area contributed by atoms with Crippen LogP contribution in [0.25, 0.3) is 0 Å². The van der Waals surface area contributed by atoms with Gasteiger partial charge in [0.2, 0.25) is 0 Å². The number of hydrogen-bond donors (Lipinski definition) is 0. The summed E-state index contributed by atoms with van der Waals surface area (Å²) in [7, 11) is 3.64. The number of ether oxygens (including phenoxy) is 1. The molecule has 0 bridgehead atoms. The fourth-order valence-corrected chi connectivity index (χ4v) is 2.30. The molecule has 98 valence electrons. The van der Waals surface area contributed by atoms with Crippen molar-refractivity contribution in [3.05, 3.63) is 29.3 Å². The molecule has 0 aliphatic heterocycles. The predicted molar refractivity (Wildman–Crippen MR) is 72.3 cm³/mol. The highest BCUT2D eigenvalue weighted by Crippen LogP contribution is 2.25. The molecule has 1 aromatic rings. The maximum absolute atomic E-state index is 12.3. The Morgan fingerprint density at radius 1 is 1.44 bits per heavy atom. The molecule has 1 aliphatic rings. The third-order valence-corrected chi connectivity index (χ3v) is 3.75. The van der Waals surface area contributed by atoms with Crippen LogP contribution in [0.3, 0.4) is 0 Å². The summed E-state index contributed by atoms with van der Waals surface area (Å²) in [4.78, 5) is 14.4. The number of methoxy groups -OCH3 is 1. The third-order valence-electron chi connectivity index (χ3n) is 3.75. The minimum atomic E-state index is 0.140. The van der Waals surface area contributed by atoms with Gasteiger partial charge in [0.15, 0.2) is 5.78 Å². The summed E-state index contributed by atoms with van der Waals surface area (Å²) < 4.78 is 5.29. The van der Waals surface area contributed by atoms with Gasteiger partial charge in [0.1, 0.15) is 5.75 Å². The quantitative estimate of drug-likeness (QED) is 0.749. The number of ketones is 1. The van der Waals surface area contributed by atoms with Gasteiger partial charge in [0.05, 0.1) is 19.2 Å². The smallest absolute Gasteiger partial charge is 0.180 e. The van der Waals surface area contributed by atoms with E-state index in [-0.39, 0.29) is 5.78 Å². The maximum atomic E-state index is 12.3. The van der Waals surface area contributed by atoms with E-state index in [1.807, 2.05) is 32.2 Å². The van der Waals surface area contributed by atoms with Gasteiger partial charge < -0.3 is 4.74 Å². The van der Waals surface area contributed by atoms with Crippen LogP contribution in [-0.4, -0.2) is 37.4 Å². The van der Waals surface area contributed by atoms with Crippen molar-refractivity contribution in [2.45, 2.75) is 32.2 Å². The number of likely N-dealkylation sites (N-methyl/N-ethyl adjacent to an activating group) is 1. The predicted octanol–water partition coefficient (Wildman–Crippen LogP) is 2.67. The van der Waals surface area contributed by atoms with E-state index >= 15 is 0 Å². The minimum Gasteiger partial charge on any atom is -0.496 e. The zero-order valence-corrected chi connectivity index (χ0v) is 11.4. The number of benzene rings is 1. The van der Waals surface area contributed by atoms with Gasteiger partial charge in [0.25, 0.3) is 0 Å². The molecule has 1 aromatic carbocycles. The van der Waals surface area contributed by atoms with Crippen LogP contribution in [0.4, 0.5) is 0 Å².